The van der Waals surface area contributed by atoms with Crippen LogP contribution in [0.25, 0.3) is 0 Å². The number of hydrogen-bond donors (Lipinski definition) is 1. The van der Waals surface area contributed by atoms with Crippen LogP contribution in [0, 0.1) is 0 Å². The van der Waals surface area contributed by atoms with Crippen LogP contribution in [0.5, 0.6) is 0 Å². The maximum atomic E-state index is 10.8. The predicted octanol–water partition coefficient (Wildman–Crippen LogP) is 1.51. The van der Waals surface area contributed by atoms with E-state index in [1.165, 1.54) is 0 Å². The van der Waals surface area contributed by atoms with Gasteiger partial charge in [-0.2, -0.15) is 0 Å². The first-order valence-electron chi connectivity index (χ1n) is 4.24. The maximum Gasteiger partial charge on any atom is 0.358 e. The monoisotopic (exact) mass is 193 g/mol. The quantitative estimate of drug-likeness (QED) is 0.582. The molecule has 0 saturated carbocycles. The Kier molecular flexibility index (Phi) is 3.67. The lowest BCUT2D eigenvalue weighted by atomic mass is 10.1. The van der Waals surface area contributed by atoms with Crippen molar-refractivity contribution in [3.05, 3.63) is 35.9 Å². The molecule has 1 N–H and O–H groups in total. The molecule has 0 aromatic heterocycles. The second-order valence-corrected chi connectivity index (χ2v) is 2.53. The number of carboxylic acids is 1. The smallest absolute Gasteiger partial charge is 0.358 e. The van der Waals surface area contributed by atoms with E-state index in [4.69, 9.17) is 9.94 Å². The van der Waals surface area contributed by atoms with Gasteiger partial charge < -0.3 is 9.94 Å². The van der Waals surface area contributed by atoms with Gasteiger partial charge in [0.1, 0.15) is 6.61 Å². The summed E-state index contributed by atoms with van der Waals surface area (Å²) in [5.74, 6) is -1.09. The van der Waals surface area contributed by atoms with E-state index in [1.54, 1.807) is 31.2 Å². The molecular weight excluding hydrogens is 182 g/mol. The van der Waals surface area contributed by atoms with Gasteiger partial charge in [-0.3, -0.25) is 0 Å². The SMILES string of the molecule is CCO/N=C(\C(=O)O)c1ccccc1. The van der Waals surface area contributed by atoms with Crippen LogP contribution in [0.2, 0.25) is 0 Å². The first-order chi connectivity index (χ1) is 6.75. The minimum atomic E-state index is -1.09. The summed E-state index contributed by atoms with van der Waals surface area (Å²) < 4.78 is 0. The number of aliphatic carboxylic acids is 1. The summed E-state index contributed by atoms with van der Waals surface area (Å²) in [5, 5.41) is 12.4. The third-order valence-electron chi connectivity index (χ3n) is 1.53. The molecule has 74 valence electrons. The second-order valence-electron chi connectivity index (χ2n) is 2.53. The average Bonchev–Trinajstić information content (AvgIpc) is 2.19. The zero-order chi connectivity index (χ0) is 10.4. The number of benzene rings is 1. The highest BCUT2D eigenvalue weighted by molar-refractivity contribution is 6.42. The van der Waals surface area contributed by atoms with Crippen molar-refractivity contribution in [3.8, 4) is 0 Å². The Balaban J connectivity index is 2.95. The molecule has 0 bridgehead atoms. The van der Waals surface area contributed by atoms with E-state index in [0.29, 0.717) is 12.2 Å². The van der Waals surface area contributed by atoms with Gasteiger partial charge in [-0.05, 0) is 6.92 Å². The van der Waals surface area contributed by atoms with E-state index in [0.717, 1.165) is 0 Å². The van der Waals surface area contributed by atoms with Crippen LogP contribution in [0.15, 0.2) is 35.5 Å². The summed E-state index contributed by atoms with van der Waals surface area (Å²) in [6, 6.07) is 8.65. The summed E-state index contributed by atoms with van der Waals surface area (Å²) in [6.45, 7) is 2.09. The van der Waals surface area contributed by atoms with Crippen molar-refractivity contribution in [1.29, 1.82) is 0 Å². The molecule has 0 unspecified atom stereocenters. The van der Waals surface area contributed by atoms with Gasteiger partial charge in [-0.1, -0.05) is 35.5 Å². The van der Waals surface area contributed by atoms with Crippen molar-refractivity contribution in [1.82, 2.24) is 0 Å². The van der Waals surface area contributed by atoms with Gasteiger partial charge in [0.25, 0.3) is 0 Å². The number of oxime groups is 1. The van der Waals surface area contributed by atoms with Crippen molar-refractivity contribution >= 4 is 11.7 Å². The highest BCUT2D eigenvalue weighted by atomic mass is 16.6. The summed E-state index contributed by atoms with van der Waals surface area (Å²) in [4.78, 5) is 15.5. The molecule has 0 spiro atoms. The molecule has 0 saturated heterocycles. The van der Waals surface area contributed by atoms with E-state index in [1.807, 2.05) is 6.07 Å². The number of nitrogens with zero attached hydrogens (tertiary/aromatic N) is 1. The van der Waals surface area contributed by atoms with Crippen LogP contribution in [-0.2, 0) is 9.63 Å². The van der Waals surface area contributed by atoms with Gasteiger partial charge in [0.2, 0.25) is 0 Å². The molecule has 0 amide bonds. The molecule has 4 nitrogen and oxygen atoms in total. The third-order valence-corrected chi connectivity index (χ3v) is 1.53. The topological polar surface area (TPSA) is 58.9 Å². The summed E-state index contributed by atoms with van der Waals surface area (Å²) in [5.41, 5.74) is 0.459. The maximum absolute atomic E-state index is 10.8. The second kappa shape index (κ2) is 5.01. The normalized spacial score (nSPS) is 11.1. The van der Waals surface area contributed by atoms with E-state index in [-0.39, 0.29) is 5.71 Å². The van der Waals surface area contributed by atoms with Crippen molar-refractivity contribution in [2.45, 2.75) is 6.92 Å². The van der Waals surface area contributed by atoms with Gasteiger partial charge in [-0.25, -0.2) is 4.79 Å². The molecule has 0 aliphatic carbocycles. The fraction of sp³-hybridized carbons (Fsp3) is 0.200. The Morgan fingerprint density at radius 3 is 2.57 bits per heavy atom. The Labute approximate surface area is 81.8 Å². The number of hydrogen-bond acceptors (Lipinski definition) is 3. The Morgan fingerprint density at radius 2 is 2.07 bits per heavy atom. The Bertz CT molecular complexity index is 332. The first kappa shape index (κ1) is 10.2. The standard InChI is InChI=1S/C10H11NO3/c1-2-14-11-9(10(12)13)8-6-4-3-5-7-8/h3-7H,2H2,1H3,(H,12,13)/b11-9-. The van der Waals surface area contributed by atoms with Gasteiger partial charge in [0, 0.05) is 5.56 Å². The molecule has 4 heteroatoms. The van der Waals surface area contributed by atoms with Crippen LogP contribution in [-0.4, -0.2) is 23.4 Å². The minimum absolute atomic E-state index is 0.0764. The van der Waals surface area contributed by atoms with E-state index in [9.17, 15) is 4.79 Å². The number of carboxylic acid groups (broad SMARTS) is 1. The molecule has 14 heavy (non-hydrogen) atoms. The van der Waals surface area contributed by atoms with Crippen LogP contribution in [0.1, 0.15) is 12.5 Å². The zero-order valence-electron chi connectivity index (χ0n) is 7.80. The lowest BCUT2D eigenvalue weighted by Gasteiger charge is -2.00. The van der Waals surface area contributed by atoms with Crippen molar-refractivity contribution < 1.29 is 14.7 Å². The minimum Gasteiger partial charge on any atom is -0.476 e. The fourth-order valence-electron chi connectivity index (χ4n) is 0.940. The summed E-state index contributed by atoms with van der Waals surface area (Å²) in [7, 11) is 0. The summed E-state index contributed by atoms with van der Waals surface area (Å²) >= 11 is 0. The number of rotatable bonds is 4. The van der Waals surface area contributed by atoms with E-state index >= 15 is 0 Å². The van der Waals surface area contributed by atoms with Crippen LogP contribution < -0.4 is 0 Å². The van der Waals surface area contributed by atoms with Crippen LogP contribution in [0.3, 0.4) is 0 Å². The highest BCUT2D eigenvalue weighted by Gasteiger charge is 2.12. The molecular formula is C10H11NO3. The Morgan fingerprint density at radius 1 is 1.43 bits per heavy atom. The van der Waals surface area contributed by atoms with Gasteiger partial charge in [0.05, 0.1) is 0 Å². The molecule has 0 heterocycles. The highest BCUT2D eigenvalue weighted by Crippen LogP contribution is 2.02. The molecule has 1 rings (SSSR count). The van der Waals surface area contributed by atoms with Crippen molar-refractivity contribution in [3.63, 3.8) is 0 Å². The fourth-order valence-corrected chi connectivity index (χ4v) is 0.940. The molecule has 0 aliphatic heterocycles. The molecule has 0 radical (unpaired) electrons. The van der Waals surface area contributed by atoms with E-state index < -0.39 is 5.97 Å². The lowest BCUT2D eigenvalue weighted by Crippen LogP contribution is -2.14. The molecule has 0 atom stereocenters. The van der Waals surface area contributed by atoms with E-state index in [2.05, 4.69) is 5.16 Å². The zero-order valence-corrected chi connectivity index (χ0v) is 7.80. The third kappa shape index (κ3) is 2.58. The van der Waals surface area contributed by atoms with Crippen LogP contribution >= 0.6 is 0 Å². The largest absolute Gasteiger partial charge is 0.476 e. The molecule has 0 fully saturated rings. The molecule has 1 aromatic rings. The van der Waals surface area contributed by atoms with Gasteiger partial charge in [-0.15, -0.1) is 0 Å². The van der Waals surface area contributed by atoms with Gasteiger partial charge in [0.15, 0.2) is 5.71 Å². The summed E-state index contributed by atoms with van der Waals surface area (Å²) in [6.07, 6.45) is 0. The van der Waals surface area contributed by atoms with Gasteiger partial charge >= 0.3 is 5.97 Å². The molecule has 1 aromatic carbocycles. The van der Waals surface area contributed by atoms with Crippen LogP contribution in [0.4, 0.5) is 0 Å². The number of carbonyl (C=O) groups is 1. The lowest BCUT2D eigenvalue weighted by molar-refractivity contribution is -0.129. The van der Waals surface area contributed by atoms with Crippen molar-refractivity contribution in [2.75, 3.05) is 6.61 Å². The predicted molar refractivity (Wildman–Crippen MR) is 52.2 cm³/mol. The molecule has 0 aliphatic rings. The first-order valence-corrected chi connectivity index (χ1v) is 4.24. The average molecular weight is 193 g/mol. The Hall–Kier alpha value is -1.84. The van der Waals surface area contributed by atoms with Crippen molar-refractivity contribution in [2.24, 2.45) is 5.16 Å².